The molecule has 1 aliphatic heterocycles. The summed E-state index contributed by atoms with van der Waals surface area (Å²) >= 11 is 0. The fraction of sp³-hybridized carbons (Fsp3) is 0.286. The molecule has 2 N–H and O–H groups in total. The predicted octanol–water partition coefficient (Wildman–Crippen LogP) is 2.99. The van der Waals surface area contributed by atoms with Crippen molar-refractivity contribution >= 4 is 17.2 Å². The van der Waals surface area contributed by atoms with E-state index in [-0.39, 0.29) is 23.4 Å². The van der Waals surface area contributed by atoms with E-state index in [1.165, 1.54) is 17.2 Å². The molecule has 4 nitrogen and oxygen atoms in total. The van der Waals surface area contributed by atoms with Crippen molar-refractivity contribution in [3.63, 3.8) is 0 Å². The first-order valence-electron chi connectivity index (χ1n) is 8.98. The summed E-state index contributed by atoms with van der Waals surface area (Å²) in [6.07, 6.45) is 3.06. The van der Waals surface area contributed by atoms with E-state index >= 15 is 0 Å². The highest BCUT2D eigenvalue weighted by Gasteiger charge is 2.27. The molecule has 0 radical (unpaired) electrons. The highest BCUT2D eigenvalue weighted by Crippen LogP contribution is 2.25. The van der Waals surface area contributed by atoms with Gasteiger partial charge in [0.15, 0.2) is 6.04 Å². The predicted molar refractivity (Wildman–Crippen MR) is 101 cm³/mol. The van der Waals surface area contributed by atoms with Gasteiger partial charge in [-0.15, -0.1) is 0 Å². The van der Waals surface area contributed by atoms with E-state index in [4.69, 9.17) is 0 Å². The normalized spacial score (nSPS) is 17.9. The molecular formula is C21H23F2N2O2+. The SMILES string of the molecule is C[C@H](C(=O)Nc1ccccc1OC(F)F)[NH+]1CC=C(c2ccccc2)CC1. The molecule has 2 aromatic rings. The van der Waals surface area contributed by atoms with Gasteiger partial charge in [-0.25, -0.2) is 0 Å². The topological polar surface area (TPSA) is 42.8 Å². The minimum atomic E-state index is -2.94. The fourth-order valence-corrected chi connectivity index (χ4v) is 3.26. The van der Waals surface area contributed by atoms with Crippen LogP contribution >= 0.6 is 0 Å². The molecule has 0 aliphatic carbocycles. The number of alkyl halides is 2. The molecule has 1 heterocycles. The summed E-state index contributed by atoms with van der Waals surface area (Å²) in [4.78, 5) is 13.7. The van der Waals surface area contributed by atoms with Gasteiger partial charge in [0.05, 0.1) is 18.8 Å². The van der Waals surface area contributed by atoms with Crippen LogP contribution in [0.5, 0.6) is 5.75 Å². The Morgan fingerprint density at radius 2 is 1.81 bits per heavy atom. The second-order valence-corrected chi connectivity index (χ2v) is 6.54. The lowest BCUT2D eigenvalue weighted by atomic mass is 9.99. The summed E-state index contributed by atoms with van der Waals surface area (Å²) < 4.78 is 29.5. The summed E-state index contributed by atoms with van der Waals surface area (Å²) in [5, 5.41) is 2.72. The smallest absolute Gasteiger partial charge is 0.387 e. The van der Waals surface area contributed by atoms with Gasteiger partial charge < -0.3 is 15.0 Å². The Bertz CT molecular complexity index is 809. The van der Waals surface area contributed by atoms with Gasteiger partial charge in [-0.05, 0) is 36.3 Å². The van der Waals surface area contributed by atoms with Gasteiger partial charge in [0, 0.05) is 6.42 Å². The first-order valence-corrected chi connectivity index (χ1v) is 8.98. The van der Waals surface area contributed by atoms with Crippen LogP contribution in [0.4, 0.5) is 14.5 Å². The van der Waals surface area contributed by atoms with Gasteiger partial charge in [-0.2, -0.15) is 8.78 Å². The quantitative estimate of drug-likeness (QED) is 0.818. The zero-order valence-electron chi connectivity index (χ0n) is 15.1. The Balaban J connectivity index is 1.63. The van der Waals surface area contributed by atoms with E-state index < -0.39 is 6.61 Å². The highest BCUT2D eigenvalue weighted by molar-refractivity contribution is 5.95. The zero-order chi connectivity index (χ0) is 19.2. The first-order chi connectivity index (χ1) is 13.0. The van der Waals surface area contributed by atoms with Crippen molar-refractivity contribution in [1.82, 2.24) is 0 Å². The van der Waals surface area contributed by atoms with Crippen LogP contribution in [-0.4, -0.2) is 31.7 Å². The van der Waals surface area contributed by atoms with Crippen LogP contribution in [0.2, 0.25) is 0 Å². The van der Waals surface area contributed by atoms with Crippen molar-refractivity contribution in [2.24, 2.45) is 0 Å². The molecule has 142 valence electrons. The fourth-order valence-electron chi connectivity index (χ4n) is 3.26. The summed E-state index contributed by atoms with van der Waals surface area (Å²) in [7, 11) is 0. The lowest BCUT2D eigenvalue weighted by molar-refractivity contribution is -0.909. The number of halogens is 2. The van der Waals surface area contributed by atoms with Crippen LogP contribution in [-0.2, 0) is 4.79 Å². The molecular weight excluding hydrogens is 350 g/mol. The van der Waals surface area contributed by atoms with Crippen LogP contribution in [0.25, 0.3) is 5.57 Å². The average Bonchev–Trinajstić information content (AvgIpc) is 2.69. The molecule has 1 aliphatic rings. The Kier molecular flexibility index (Phi) is 6.19. The maximum absolute atomic E-state index is 12.6. The van der Waals surface area contributed by atoms with Crippen molar-refractivity contribution in [2.75, 3.05) is 18.4 Å². The molecule has 1 unspecified atom stereocenters. The third-order valence-corrected chi connectivity index (χ3v) is 4.84. The van der Waals surface area contributed by atoms with Crippen LogP contribution in [0, 0.1) is 0 Å². The molecule has 27 heavy (non-hydrogen) atoms. The number of para-hydroxylation sites is 2. The van der Waals surface area contributed by atoms with E-state index in [2.05, 4.69) is 28.3 Å². The maximum atomic E-state index is 12.6. The largest absolute Gasteiger partial charge is 0.433 e. The lowest BCUT2D eigenvalue weighted by Crippen LogP contribution is -3.17. The molecule has 0 bridgehead atoms. The van der Waals surface area contributed by atoms with E-state index in [1.54, 1.807) is 18.2 Å². The molecule has 6 heteroatoms. The van der Waals surface area contributed by atoms with Gasteiger partial charge in [0.2, 0.25) is 0 Å². The number of quaternary nitrogens is 1. The molecule has 0 spiro atoms. The van der Waals surface area contributed by atoms with Gasteiger partial charge >= 0.3 is 6.61 Å². The molecule has 0 aromatic heterocycles. The van der Waals surface area contributed by atoms with Gasteiger partial charge in [-0.3, -0.25) is 4.79 Å². The molecule has 0 fully saturated rings. The van der Waals surface area contributed by atoms with Crippen molar-refractivity contribution in [1.29, 1.82) is 0 Å². The number of ether oxygens (including phenoxy) is 1. The number of anilines is 1. The third kappa shape index (κ3) is 4.92. The highest BCUT2D eigenvalue weighted by atomic mass is 19.3. The molecule has 0 saturated carbocycles. The van der Waals surface area contributed by atoms with E-state index in [0.717, 1.165) is 24.4 Å². The monoisotopic (exact) mass is 373 g/mol. The number of rotatable bonds is 6. The van der Waals surface area contributed by atoms with Gasteiger partial charge in [0.25, 0.3) is 5.91 Å². The average molecular weight is 373 g/mol. The second kappa shape index (κ2) is 8.77. The number of carbonyl (C=O) groups excluding carboxylic acids is 1. The van der Waals surface area contributed by atoms with Crippen molar-refractivity contribution < 1.29 is 23.2 Å². The van der Waals surface area contributed by atoms with Gasteiger partial charge in [0.1, 0.15) is 5.75 Å². The number of carbonyl (C=O) groups is 1. The van der Waals surface area contributed by atoms with Crippen LogP contribution < -0.4 is 15.0 Å². The number of benzene rings is 2. The van der Waals surface area contributed by atoms with Crippen LogP contribution in [0.15, 0.2) is 60.7 Å². The van der Waals surface area contributed by atoms with Crippen LogP contribution in [0.3, 0.4) is 0 Å². The number of hydrogen-bond donors (Lipinski definition) is 2. The lowest BCUT2D eigenvalue weighted by Gasteiger charge is -2.28. The number of nitrogens with one attached hydrogen (secondary N) is 2. The van der Waals surface area contributed by atoms with Crippen molar-refractivity contribution in [3.8, 4) is 5.75 Å². The number of hydrogen-bond acceptors (Lipinski definition) is 2. The molecule has 1 amide bonds. The summed E-state index contributed by atoms with van der Waals surface area (Å²) in [5.41, 5.74) is 2.76. The first kappa shape index (κ1) is 19.0. The van der Waals surface area contributed by atoms with E-state index in [1.807, 2.05) is 25.1 Å². The Labute approximate surface area is 157 Å². The Hall–Kier alpha value is -2.73. The Morgan fingerprint density at radius 3 is 2.48 bits per heavy atom. The summed E-state index contributed by atoms with van der Waals surface area (Å²) in [6.45, 7) is 0.496. The van der Waals surface area contributed by atoms with Crippen molar-refractivity contribution in [2.45, 2.75) is 26.0 Å². The summed E-state index contributed by atoms with van der Waals surface area (Å²) in [5.74, 6) is -0.250. The summed E-state index contributed by atoms with van der Waals surface area (Å²) in [6, 6.07) is 16.1. The van der Waals surface area contributed by atoms with Crippen LogP contribution in [0.1, 0.15) is 18.9 Å². The second-order valence-electron chi connectivity index (χ2n) is 6.54. The van der Waals surface area contributed by atoms with E-state index in [0.29, 0.717) is 0 Å². The maximum Gasteiger partial charge on any atom is 0.387 e. The standard InChI is InChI=1S/C21H22F2N2O2/c1-15(20(26)24-18-9-5-6-10-19(18)27-21(22)23)25-13-11-17(12-14-25)16-7-3-2-4-8-16/h2-11,15,21H,12-14H2,1H3,(H,24,26)/p+1/t15-/m1/s1. The molecule has 2 aromatic carbocycles. The minimum absolute atomic E-state index is 0.0343. The van der Waals surface area contributed by atoms with E-state index in [9.17, 15) is 13.6 Å². The molecule has 0 saturated heterocycles. The zero-order valence-corrected chi connectivity index (χ0v) is 15.1. The number of amides is 1. The van der Waals surface area contributed by atoms with Crippen molar-refractivity contribution in [3.05, 3.63) is 66.2 Å². The minimum Gasteiger partial charge on any atom is -0.433 e. The Morgan fingerprint density at radius 1 is 1.11 bits per heavy atom. The third-order valence-electron chi connectivity index (χ3n) is 4.84. The molecule has 2 atom stereocenters. The molecule has 3 rings (SSSR count). The van der Waals surface area contributed by atoms with Gasteiger partial charge in [-0.1, -0.05) is 42.5 Å².